The maximum absolute atomic E-state index is 12.5. The average Bonchev–Trinajstić information content (AvgIpc) is 3.07. The van der Waals surface area contributed by atoms with Crippen LogP contribution in [0.3, 0.4) is 0 Å². The van der Waals surface area contributed by atoms with Gasteiger partial charge in [0.1, 0.15) is 5.82 Å². The Balaban J connectivity index is 1.70. The van der Waals surface area contributed by atoms with E-state index in [-0.39, 0.29) is 4.90 Å². The van der Waals surface area contributed by atoms with Gasteiger partial charge >= 0.3 is 0 Å². The molecule has 0 saturated heterocycles. The summed E-state index contributed by atoms with van der Waals surface area (Å²) >= 11 is 3.54. The summed E-state index contributed by atoms with van der Waals surface area (Å²) < 4.78 is 28.6. The third kappa shape index (κ3) is 3.48. The molecule has 27 heavy (non-hydrogen) atoms. The van der Waals surface area contributed by atoms with Crippen molar-refractivity contribution in [3.05, 3.63) is 76.8 Å². The lowest BCUT2D eigenvalue weighted by Gasteiger charge is -2.07. The van der Waals surface area contributed by atoms with Crippen LogP contribution < -0.4 is 4.72 Å². The Bertz CT molecular complexity index is 1230. The smallest absolute Gasteiger partial charge is 0.261 e. The van der Waals surface area contributed by atoms with E-state index in [0.29, 0.717) is 5.69 Å². The molecule has 0 amide bonds. The summed E-state index contributed by atoms with van der Waals surface area (Å²) in [6.45, 7) is 2.02. The van der Waals surface area contributed by atoms with Crippen LogP contribution in [0.2, 0.25) is 0 Å². The summed E-state index contributed by atoms with van der Waals surface area (Å²) in [5, 5.41) is 0. The molecule has 0 bridgehead atoms. The zero-order valence-electron chi connectivity index (χ0n) is 14.4. The second-order valence-electron chi connectivity index (χ2n) is 6.15. The van der Waals surface area contributed by atoms with Gasteiger partial charge in [0.15, 0.2) is 0 Å². The molecule has 1 heterocycles. The number of rotatable bonds is 4. The minimum atomic E-state index is -3.63. The van der Waals surface area contributed by atoms with Gasteiger partial charge in [0.2, 0.25) is 0 Å². The molecule has 0 aliphatic rings. The zero-order valence-corrected chi connectivity index (χ0v) is 16.8. The first-order valence-corrected chi connectivity index (χ1v) is 10.5. The Hall–Kier alpha value is -2.64. The highest BCUT2D eigenvalue weighted by molar-refractivity contribution is 9.10. The fourth-order valence-electron chi connectivity index (χ4n) is 2.88. The first-order chi connectivity index (χ1) is 12.9. The molecule has 0 unspecified atom stereocenters. The Labute approximate surface area is 165 Å². The summed E-state index contributed by atoms with van der Waals surface area (Å²) in [6, 6.07) is 19.5. The normalized spacial score (nSPS) is 11.6. The van der Waals surface area contributed by atoms with Crippen LogP contribution in [-0.4, -0.2) is 18.4 Å². The molecule has 5 nitrogen and oxygen atoms in total. The summed E-state index contributed by atoms with van der Waals surface area (Å²) in [5.41, 5.74) is 4.09. The van der Waals surface area contributed by atoms with Crippen LogP contribution in [0.1, 0.15) is 5.56 Å². The SMILES string of the molecule is Cc1c(Br)cccc1-c1nc2ccc(NS(=O)(=O)c3ccccc3)cc2[nH]1. The van der Waals surface area contributed by atoms with Gasteiger partial charge in [-0.1, -0.05) is 46.3 Å². The fourth-order valence-corrected chi connectivity index (χ4v) is 4.32. The minimum Gasteiger partial charge on any atom is -0.338 e. The number of hydrogen-bond acceptors (Lipinski definition) is 3. The van der Waals surface area contributed by atoms with Gasteiger partial charge in [-0.15, -0.1) is 0 Å². The van der Waals surface area contributed by atoms with E-state index in [0.717, 1.165) is 32.5 Å². The molecule has 0 fully saturated rings. The number of hydrogen-bond donors (Lipinski definition) is 2. The fraction of sp³-hybridized carbons (Fsp3) is 0.0500. The molecule has 0 atom stereocenters. The Morgan fingerprint density at radius 2 is 1.78 bits per heavy atom. The maximum atomic E-state index is 12.5. The number of nitrogens with one attached hydrogen (secondary N) is 2. The van der Waals surface area contributed by atoms with Crippen molar-refractivity contribution < 1.29 is 8.42 Å². The zero-order chi connectivity index (χ0) is 19.0. The van der Waals surface area contributed by atoms with Gasteiger partial charge in [0.05, 0.1) is 21.6 Å². The predicted octanol–water partition coefficient (Wildman–Crippen LogP) is 5.10. The molecule has 0 aliphatic heterocycles. The molecular weight excluding hydrogens is 426 g/mol. The molecule has 0 saturated carbocycles. The van der Waals surface area contributed by atoms with E-state index in [2.05, 4.69) is 30.6 Å². The summed E-state index contributed by atoms with van der Waals surface area (Å²) in [4.78, 5) is 8.13. The van der Waals surface area contributed by atoms with Crippen molar-refractivity contribution in [1.29, 1.82) is 0 Å². The number of aromatic nitrogens is 2. The van der Waals surface area contributed by atoms with Crippen molar-refractivity contribution in [2.24, 2.45) is 0 Å². The van der Waals surface area contributed by atoms with E-state index in [9.17, 15) is 8.42 Å². The number of fused-ring (bicyclic) bond motifs is 1. The van der Waals surface area contributed by atoms with E-state index in [1.807, 2.05) is 25.1 Å². The molecule has 2 N–H and O–H groups in total. The van der Waals surface area contributed by atoms with E-state index in [1.54, 1.807) is 48.5 Å². The van der Waals surface area contributed by atoms with Gasteiger partial charge in [-0.25, -0.2) is 13.4 Å². The van der Waals surface area contributed by atoms with Crippen LogP contribution >= 0.6 is 15.9 Å². The summed E-state index contributed by atoms with van der Waals surface area (Å²) in [5.74, 6) is 0.742. The first-order valence-electron chi connectivity index (χ1n) is 8.27. The molecule has 4 aromatic rings. The van der Waals surface area contributed by atoms with Gasteiger partial charge < -0.3 is 4.98 Å². The van der Waals surface area contributed by atoms with Crippen molar-refractivity contribution in [2.45, 2.75) is 11.8 Å². The van der Waals surface area contributed by atoms with E-state index in [4.69, 9.17) is 0 Å². The first kappa shape index (κ1) is 17.8. The number of aromatic amines is 1. The van der Waals surface area contributed by atoms with Crippen LogP contribution in [0.15, 0.2) is 76.1 Å². The number of halogens is 1. The lowest BCUT2D eigenvalue weighted by Crippen LogP contribution is -2.12. The third-order valence-electron chi connectivity index (χ3n) is 4.31. The Kier molecular flexibility index (Phi) is 4.49. The van der Waals surface area contributed by atoms with E-state index in [1.165, 1.54) is 0 Å². The molecule has 0 aliphatic carbocycles. The van der Waals surface area contributed by atoms with Gasteiger partial charge in [-0.2, -0.15) is 0 Å². The van der Waals surface area contributed by atoms with Crippen LogP contribution in [0, 0.1) is 6.92 Å². The Morgan fingerprint density at radius 1 is 1.00 bits per heavy atom. The largest absolute Gasteiger partial charge is 0.338 e. The second-order valence-corrected chi connectivity index (χ2v) is 8.69. The van der Waals surface area contributed by atoms with Crippen molar-refractivity contribution in [3.63, 3.8) is 0 Å². The van der Waals surface area contributed by atoms with E-state index >= 15 is 0 Å². The molecule has 1 aromatic heterocycles. The van der Waals surface area contributed by atoms with Crippen molar-refractivity contribution in [1.82, 2.24) is 9.97 Å². The molecule has 136 valence electrons. The number of sulfonamides is 1. The number of H-pyrrole nitrogens is 1. The van der Waals surface area contributed by atoms with Gasteiger partial charge in [0.25, 0.3) is 10.0 Å². The number of anilines is 1. The molecule has 3 aromatic carbocycles. The van der Waals surface area contributed by atoms with Gasteiger partial charge in [0, 0.05) is 10.0 Å². The third-order valence-corrected chi connectivity index (χ3v) is 6.57. The van der Waals surface area contributed by atoms with Crippen molar-refractivity contribution >= 4 is 42.7 Å². The van der Waals surface area contributed by atoms with Crippen LogP contribution in [0.4, 0.5) is 5.69 Å². The molecule has 7 heteroatoms. The number of nitrogens with zero attached hydrogens (tertiary/aromatic N) is 1. The monoisotopic (exact) mass is 441 g/mol. The lowest BCUT2D eigenvalue weighted by molar-refractivity contribution is 0.601. The second kappa shape index (κ2) is 6.83. The molecular formula is C20H16BrN3O2S. The number of imidazole rings is 1. The topological polar surface area (TPSA) is 74.8 Å². The minimum absolute atomic E-state index is 0.222. The van der Waals surface area contributed by atoms with Crippen LogP contribution in [0.5, 0.6) is 0 Å². The van der Waals surface area contributed by atoms with Crippen LogP contribution in [-0.2, 0) is 10.0 Å². The highest BCUT2D eigenvalue weighted by Gasteiger charge is 2.15. The standard InChI is InChI=1S/C20H16BrN3O2S/c1-13-16(8-5-9-17(13)21)20-22-18-11-10-14(12-19(18)23-20)24-27(25,26)15-6-3-2-4-7-15/h2-12,24H,1H3,(H,22,23). The average molecular weight is 442 g/mol. The van der Waals surface area contributed by atoms with Crippen molar-refractivity contribution in [2.75, 3.05) is 4.72 Å². The van der Waals surface area contributed by atoms with E-state index < -0.39 is 10.0 Å². The molecule has 4 rings (SSSR count). The highest BCUT2D eigenvalue weighted by Crippen LogP contribution is 2.29. The lowest BCUT2D eigenvalue weighted by atomic mass is 10.1. The molecule has 0 spiro atoms. The highest BCUT2D eigenvalue weighted by atomic mass is 79.9. The summed E-state index contributed by atoms with van der Waals surface area (Å²) in [6.07, 6.45) is 0. The molecule has 0 radical (unpaired) electrons. The summed E-state index contributed by atoms with van der Waals surface area (Å²) in [7, 11) is -3.63. The van der Waals surface area contributed by atoms with Gasteiger partial charge in [-0.05, 0) is 48.9 Å². The van der Waals surface area contributed by atoms with Crippen LogP contribution in [0.25, 0.3) is 22.4 Å². The Morgan fingerprint density at radius 3 is 2.56 bits per heavy atom. The maximum Gasteiger partial charge on any atom is 0.261 e. The van der Waals surface area contributed by atoms with Crippen molar-refractivity contribution in [3.8, 4) is 11.4 Å². The predicted molar refractivity (Wildman–Crippen MR) is 111 cm³/mol. The quantitative estimate of drug-likeness (QED) is 0.462. The number of benzene rings is 3. The van der Waals surface area contributed by atoms with Gasteiger partial charge in [-0.3, -0.25) is 4.72 Å².